The van der Waals surface area contributed by atoms with Gasteiger partial charge in [0.15, 0.2) is 0 Å². The van der Waals surface area contributed by atoms with Crippen molar-refractivity contribution in [2.24, 2.45) is 0 Å². The van der Waals surface area contributed by atoms with Crippen molar-refractivity contribution in [3.05, 3.63) is 57.8 Å². The third kappa shape index (κ3) is 3.46. The quantitative estimate of drug-likeness (QED) is 0.791. The molecular weight excluding hydrogens is 328 g/mol. The predicted molar refractivity (Wildman–Crippen MR) is 77.0 cm³/mol. The lowest BCUT2D eigenvalue weighted by atomic mass is 10.2. The number of hydrogen-bond donors (Lipinski definition) is 0. The van der Waals surface area contributed by atoms with E-state index in [0.717, 1.165) is 21.3 Å². The highest BCUT2D eigenvalue weighted by Gasteiger charge is 2.07. The van der Waals surface area contributed by atoms with Gasteiger partial charge in [-0.3, -0.25) is 0 Å². The third-order valence-corrected chi connectivity index (χ3v) is 3.43. The van der Waals surface area contributed by atoms with E-state index in [4.69, 9.17) is 21.6 Å². The molecule has 1 aromatic heterocycles. The van der Waals surface area contributed by atoms with Crippen molar-refractivity contribution < 1.29 is 4.74 Å². The van der Waals surface area contributed by atoms with E-state index in [-0.39, 0.29) is 0 Å². The fraction of sp³-hybridized carbons (Fsp3) is 0.143. The second kappa shape index (κ2) is 6.55. The number of rotatable bonds is 4. The number of aromatic nitrogens is 1. The summed E-state index contributed by atoms with van der Waals surface area (Å²) in [6.07, 6.45) is 1.60. The highest BCUT2D eigenvalue weighted by Crippen LogP contribution is 2.30. The molecule has 0 aliphatic rings. The van der Waals surface area contributed by atoms with E-state index in [2.05, 4.69) is 20.9 Å². The number of benzene rings is 1. The third-order valence-electron chi connectivity index (χ3n) is 2.51. The Bertz CT molecular complexity index is 625. The second-order valence-corrected chi connectivity index (χ2v) is 4.93. The van der Waals surface area contributed by atoms with Crippen LogP contribution >= 0.6 is 27.5 Å². The summed E-state index contributed by atoms with van der Waals surface area (Å²) in [5.74, 6) is 1.11. The van der Waals surface area contributed by atoms with Gasteiger partial charge in [-0.1, -0.05) is 12.1 Å². The topological polar surface area (TPSA) is 45.9 Å². The number of nitriles is 1. The molecule has 5 heteroatoms. The van der Waals surface area contributed by atoms with Gasteiger partial charge in [-0.15, -0.1) is 11.6 Å². The summed E-state index contributed by atoms with van der Waals surface area (Å²) in [6, 6.07) is 11.3. The van der Waals surface area contributed by atoms with E-state index in [0.29, 0.717) is 18.2 Å². The maximum Gasteiger partial charge on any atom is 0.140 e. The molecule has 1 aromatic carbocycles. The Labute approximate surface area is 124 Å². The van der Waals surface area contributed by atoms with Crippen molar-refractivity contribution in [2.75, 3.05) is 0 Å². The van der Waals surface area contributed by atoms with Crippen molar-refractivity contribution in [3.8, 4) is 11.8 Å². The standard InChI is InChI=1S/C14H10BrClN2O/c15-13-3-1-2-11(7-16)14(13)19-9-10-4-5-18-12(6-10)8-17/h1-6H,7,9H2. The summed E-state index contributed by atoms with van der Waals surface area (Å²) in [4.78, 5) is 3.92. The first-order chi connectivity index (χ1) is 9.24. The van der Waals surface area contributed by atoms with Crippen molar-refractivity contribution in [1.29, 1.82) is 5.26 Å². The van der Waals surface area contributed by atoms with E-state index >= 15 is 0 Å². The van der Waals surface area contributed by atoms with Crippen LogP contribution in [0.1, 0.15) is 16.8 Å². The molecule has 0 bridgehead atoms. The SMILES string of the molecule is N#Cc1cc(COc2c(Br)cccc2CCl)ccn1. The Morgan fingerprint density at radius 3 is 2.95 bits per heavy atom. The number of ether oxygens (including phenoxy) is 1. The number of hydrogen-bond acceptors (Lipinski definition) is 3. The molecule has 96 valence electrons. The first-order valence-corrected chi connectivity index (χ1v) is 6.88. The number of pyridine rings is 1. The molecule has 2 aromatic rings. The van der Waals surface area contributed by atoms with Crippen molar-refractivity contribution in [2.45, 2.75) is 12.5 Å². The van der Waals surface area contributed by atoms with Crippen LogP contribution in [-0.2, 0) is 12.5 Å². The highest BCUT2D eigenvalue weighted by molar-refractivity contribution is 9.10. The summed E-state index contributed by atoms with van der Waals surface area (Å²) in [5.41, 5.74) is 2.19. The first kappa shape index (κ1) is 13.9. The molecule has 0 spiro atoms. The van der Waals surface area contributed by atoms with Gasteiger partial charge in [0.1, 0.15) is 24.1 Å². The lowest BCUT2D eigenvalue weighted by Gasteiger charge is -2.11. The Hall–Kier alpha value is -1.57. The lowest BCUT2D eigenvalue weighted by molar-refractivity contribution is 0.301. The maximum absolute atomic E-state index is 8.80. The Morgan fingerprint density at radius 1 is 1.37 bits per heavy atom. The first-order valence-electron chi connectivity index (χ1n) is 5.55. The van der Waals surface area contributed by atoms with Gasteiger partial charge in [0, 0.05) is 11.8 Å². The van der Waals surface area contributed by atoms with Crippen molar-refractivity contribution in [1.82, 2.24) is 4.98 Å². The van der Waals surface area contributed by atoms with Crippen LogP contribution < -0.4 is 4.74 Å². The fourth-order valence-corrected chi connectivity index (χ4v) is 2.33. The molecule has 0 atom stereocenters. The molecular formula is C14H10BrClN2O. The Morgan fingerprint density at radius 2 is 2.21 bits per heavy atom. The zero-order valence-corrected chi connectivity index (χ0v) is 12.3. The summed E-state index contributed by atoms with van der Waals surface area (Å²) in [5, 5.41) is 8.80. The van der Waals surface area contributed by atoms with Crippen LogP contribution in [0.5, 0.6) is 5.75 Å². The van der Waals surface area contributed by atoms with Crippen LogP contribution in [0.3, 0.4) is 0 Å². The molecule has 3 nitrogen and oxygen atoms in total. The van der Waals surface area contributed by atoms with Crippen molar-refractivity contribution in [3.63, 3.8) is 0 Å². The fourth-order valence-electron chi connectivity index (χ4n) is 1.60. The zero-order valence-electron chi connectivity index (χ0n) is 9.94. The minimum absolute atomic E-state index is 0.365. The minimum Gasteiger partial charge on any atom is -0.487 e. The van der Waals surface area contributed by atoms with Gasteiger partial charge in [0.25, 0.3) is 0 Å². The minimum atomic E-state index is 0.365. The monoisotopic (exact) mass is 336 g/mol. The molecule has 0 saturated heterocycles. The summed E-state index contributed by atoms with van der Waals surface area (Å²) in [7, 11) is 0. The molecule has 0 radical (unpaired) electrons. The molecule has 0 N–H and O–H groups in total. The largest absolute Gasteiger partial charge is 0.487 e. The number of alkyl halides is 1. The van der Waals surface area contributed by atoms with Gasteiger partial charge in [-0.2, -0.15) is 5.26 Å². The number of halogens is 2. The van der Waals surface area contributed by atoms with E-state index in [1.165, 1.54) is 0 Å². The predicted octanol–water partition coefficient (Wildman–Crippen LogP) is 4.03. The van der Waals surface area contributed by atoms with Crippen LogP contribution in [0.25, 0.3) is 0 Å². The molecule has 0 aliphatic heterocycles. The maximum atomic E-state index is 8.80. The molecule has 2 rings (SSSR count). The zero-order chi connectivity index (χ0) is 13.7. The summed E-state index contributed by atoms with van der Waals surface area (Å²) >= 11 is 9.32. The molecule has 0 saturated carbocycles. The molecule has 0 fully saturated rings. The normalized spacial score (nSPS) is 9.95. The van der Waals surface area contributed by atoms with E-state index < -0.39 is 0 Å². The summed E-state index contributed by atoms with van der Waals surface area (Å²) in [6.45, 7) is 0.365. The Balaban J connectivity index is 2.17. The van der Waals surface area contributed by atoms with E-state index in [9.17, 15) is 0 Å². The van der Waals surface area contributed by atoms with Crippen LogP contribution in [0, 0.1) is 11.3 Å². The molecule has 0 amide bonds. The Kier molecular flexibility index (Phi) is 4.78. The van der Waals surface area contributed by atoms with Gasteiger partial charge in [-0.25, -0.2) is 4.98 Å². The highest BCUT2D eigenvalue weighted by atomic mass is 79.9. The molecule has 1 heterocycles. The number of para-hydroxylation sites is 1. The summed E-state index contributed by atoms with van der Waals surface area (Å²) < 4.78 is 6.64. The molecule has 0 unspecified atom stereocenters. The molecule has 19 heavy (non-hydrogen) atoms. The van der Waals surface area contributed by atoms with Gasteiger partial charge in [0.05, 0.1) is 10.4 Å². The van der Waals surface area contributed by atoms with Crippen LogP contribution in [0.2, 0.25) is 0 Å². The van der Waals surface area contributed by atoms with Gasteiger partial charge in [0.2, 0.25) is 0 Å². The van der Waals surface area contributed by atoms with Gasteiger partial charge in [-0.05, 0) is 39.7 Å². The number of nitrogens with zero attached hydrogens (tertiary/aromatic N) is 2. The van der Waals surface area contributed by atoms with Crippen LogP contribution in [-0.4, -0.2) is 4.98 Å². The molecule has 0 aliphatic carbocycles. The van der Waals surface area contributed by atoms with E-state index in [1.807, 2.05) is 30.3 Å². The second-order valence-electron chi connectivity index (χ2n) is 3.81. The lowest BCUT2D eigenvalue weighted by Crippen LogP contribution is -1.99. The van der Waals surface area contributed by atoms with Gasteiger partial charge >= 0.3 is 0 Å². The van der Waals surface area contributed by atoms with Crippen LogP contribution in [0.4, 0.5) is 0 Å². The van der Waals surface area contributed by atoms with Gasteiger partial charge < -0.3 is 4.74 Å². The van der Waals surface area contributed by atoms with Crippen LogP contribution in [0.15, 0.2) is 41.0 Å². The average molecular weight is 338 g/mol. The average Bonchev–Trinajstić information content (AvgIpc) is 2.46. The van der Waals surface area contributed by atoms with Crippen molar-refractivity contribution >= 4 is 27.5 Å². The van der Waals surface area contributed by atoms with E-state index in [1.54, 1.807) is 12.3 Å². The smallest absolute Gasteiger partial charge is 0.140 e.